The summed E-state index contributed by atoms with van der Waals surface area (Å²) in [5.74, 6) is 1.11. The number of anilines is 3. The highest BCUT2D eigenvalue weighted by atomic mass is 16.5. The van der Waals surface area contributed by atoms with Gasteiger partial charge in [-0.25, -0.2) is 4.98 Å². The summed E-state index contributed by atoms with van der Waals surface area (Å²) in [5.41, 5.74) is 3.02. The number of nitrogens with one attached hydrogen (secondary N) is 2. The van der Waals surface area contributed by atoms with E-state index in [4.69, 9.17) is 14.7 Å². The third-order valence-corrected chi connectivity index (χ3v) is 6.42. The quantitative estimate of drug-likeness (QED) is 0.352. The molecule has 10 nitrogen and oxygen atoms in total. The van der Waals surface area contributed by atoms with Crippen LogP contribution in [0.15, 0.2) is 42.9 Å². The molecule has 170 valence electrons. The topological polar surface area (TPSA) is 130 Å². The Hall–Kier alpha value is -3.34. The van der Waals surface area contributed by atoms with Crippen LogP contribution in [0.25, 0.3) is 22.1 Å². The van der Waals surface area contributed by atoms with Gasteiger partial charge in [-0.15, -0.1) is 0 Å². The summed E-state index contributed by atoms with van der Waals surface area (Å²) in [4.78, 5) is 18.4. The second kappa shape index (κ2) is 8.22. The van der Waals surface area contributed by atoms with E-state index in [0.717, 1.165) is 29.4 Å². The van der Waals surface area contributed by atoms with Crippen LogP contribution in [0.4, 0.5) is 17.5 Å². The van der Waals surface area contributed by atoms with Crippen molar-refractivity contribution in [2.75, 3.05) is 17.2 Å². The van der Waals surface area contributed by atoms with Crippen LogP contribution in [-0.4, -0.2) is 59.6 Å². The number of hydrogen-bond acceptors (Lipinski definition) is 9. The normalized spacial score (nSPS) is 23.2. The molecule has 2 fully saturated rings. The number of imidazole rings is 1. The molecule has 0 amide bonds. The van der Waals surface area contributed by atoms with E-state index < -0.39 is 18.4 Å². The first kappa shape index (κ1) is 20.3. The number of benzene rings is 1. The molecule has 4 heterocycles. The minimum atomic E-state index is -0.740. The van der Waals surface area contributed by atoms with Crippen LogP contribution >= 0.6 is 0 Å². The van der Waals surface area contributed by atoms with Crippen molar-refractivity contribution in [3.63, 3.8) is 0 Å². The van der Waals surface area contributed by atoms with E-state index in [2.05, 4.69) is 20.6 Å². The van der Waals surface area contributed by atoms with E-state index in [9.17, 15) is 10.2 Å². The lowest BCUT2D eigenvalue weighted by molar-refractivity contribution is -0.0432. The molecule has 6 rings (SSSR count). The predicted octanol–water partition coefficient (Wildman–Crippen LogP) is 2.72. The number of aromatic nitrogens is 5. The number of rotatable bonds is 6. The van der Waals surface area contributed by atoms with Gasteiger partial charge in [-0.05, 0) is 43.5 Å². The summed E-state index contributed by atoms with van der Waals surface area (Å²) >= 11 is 0. The summed E-state index contributed by atoms with van der Waals surface area (Å²) < 4.78 is 7.65. The first-order valence-electron chi connectivity index (χ1n) is 11.3. The zero-order chi connectivity index (χ0) is 22.4. The van der Waals surface area contributed by atoms with E-state index in [-0.39, 0.29) is 6.61 Å². The SMILES string of the molecule is OCC1OC(n2cnc3c(NC4CCC4)nc(Nc4ccc5ncccc5c4)nc32)CC1O. The molecule has 10 heteroatoms. The lowest BCUT2D eigenvalue weighted by atomic mass is 9.93. The van der Waals surface area contributed by atoms with E-state index in [1.165, 1.54) is 6.42 Å². The van der Waals surface area contributed by atoms with Crippen LogP contribution in [-0.2, 0) is 4.74 Å². The van der Waals surface area contributed by atoms with Crippen molar-refractivity contribution in [3.8, 4) is 0 Å². The molecule has 0 radical (unpaired) electrons. The fourth-order valence-corrected chi connectivity index (χ4v) is 4.36. The Balaban J connectivity index is 1.38. The van der Waals surface area contributed by atoms with Crippen LogP contribution in [0.1, 0.15) is 31.9 Å². The van der Waals surface area contributed by atoms with Gasteiger partial charge in [0.15, 0.2) is 17.0 Å². The van der Waals surface area contributed by atoms with Crippen molar-refractivity contribution >= 4 is 39.5 Å². The maximum Gasteiger partial charge on any atom is 0.231 e. The standard InChI is InChI=1S/C23H25N7O3/c31-11-18-17(32)10-19(33-18)30-12-25-20-21(26-14-4-1-5-14)28-23(29-22(20)30)27-15-6-7-16-13(9-15)3-2-8-24-16/h2-3,6-9,12,14,17-19,31-32H,1,4-5,10-11H2,(H2,26,27,28,29). The van der Waals surface area contributed by atoms with E-state index >= 15 is 0 Å². The zero-order valence-corrected chi connectivity index (χ0v) is 17.9. The van der Waals surface area contributed by atoms with Crippen molar-refractivity contribution in [1.29, 1.82) is 0 Å². The van der Waals surface area contributed by atoms with Gasteiger partial charge in [0.1, 0.15) is 12.3 Å². The molecule has 1 saturated heterocycles. The van der Waals surface area contributed by atoms with Gasteiger partial charge >= 0.3 is 0 Å². The summed E-state index contributed by atoms with van der Waals surface area (Å²) in [7, 11) is 0. The van der Waals surface area contributed by atoms with Crippen LogP contribution in [0.5, 0.6) is 0 Å². The smallest absolute Gasteiger partial charge is 0.231 e. The predicted molar refractivity (Wildman–Crippen MR) is 123 cm³/mol. The lowest BCUT2D eigenvalue weighted by Crippen LogP contribution is -2.27. The van der Waals surface area contributed by atoms with Crippen molar-refractivity contribution < 1.29 is 14.9 Å². The molecule has 0 spiro atoms. The first-order chi connectivity index (χ1) is 16.2. The molecule has 2 aliphatic rings. The van der Waals surface area contributed by atoms with E-state index in [0.29, 0.717) is 35.4 Å². The largest absolute Gasteiger partial charge is 0.394 e. The highest BCUT2D eigenvalue weighted by molar-refractivity contribution is 5.86. The third kappa shape index (κ3) is 3.75. The molecule has 1 saturated carbocycles. The first-order valence-corrected chi connectivity index (χ1v) is 11.3. The summed E-state index contributed by atoms with van der Waals surface area (Å²) in [5, 5.41) is 27.5. The van der Waals surface area contributed by atoms with Gasteiger partial charge < -0.3 is 25.6 Å². The molecule has 3 aromatic heterocycles. The molecule has 1 aromatic carbocycles. The third-order valence-electron chi connectivity index (χ3n) is 6.42. The van der Waals surface area contributed by atoms with Crippen LogP contribution < -0.4 is 10.6 Å². The van der Waals surface area contributed by atoms with Gasteiger partial charge in [0, 0.05) is 29.7 Å². The molecule has 33 heavy (non-hydrogen) atoms. The highest BCUT2D eigenvalue weighted by Crippen LogP contribution is 2.34. The Labute approximate surface area is 189 Å². The zero-order valence-electron chi connectivity index (χ0n) is 17.9. The fourth-order valence-electron chi connectivity index (χ4n) is 4.36. The second-order valence-corrected chi connectivity index (χ2v) is 8.64. The van der Waals surface area contributed by atoms with Gasteiger partial charge in [-0.2, -0.15) is 9.97 Å². The number of nitrogens with zero attached hydrogens (tertiary/aromatic N) is 5. The molecule has 3 atom stereocenters. The number of fused-ring (bicyclic) bond motifs is 2. The number of hydrogen-bond donors (Lipinski definition) is 4. The summed E-state index contributed by atoms with van der Waals surface area (Å²) in [6.45, 7) is -0.239. The molecule has 4 N–H and O–H groups in total. The molecule has 3 unspecified atom stereocenters. The molecule has 1 aliphatic heterocycles. The Morgan fingerprint density at radius 3 is 2.85 bits per heavy atom. The van der Waals surface area contributed by atoms with E-state index in [1.54, 1.807) is 17.1 Å². The fraction of sp³-hybridized carbons (Fsp3) is 0.391. The molecule has 1 aliphatic carbocycles. The van der Waals surface area contributed by atoms with Gasteiger partial charge in [0.2, 0.25) is 5.95 Å². The van der Waals surface area contributed by atoms with Crippen LogP contribution in [0, 0.1) is 0 Å². The Kier molecular flexibility index (Phi) is 5.05. The maximum atomic E-state index is 10.2. The van der Waals surface area contributed by atoms with E-state index in [1.807, 2.05) is 30.3 Å². The number of ether oxygens (including phenoxy) is 1. The van der Waals surface area contributed by atoms with Crippen LogP contribution in [0.3, 0.4) is 0 Å². The summed E-state index contributed by atoms with van der Waals surface area (Å²) in [6, 6.07) is 10.2. The minimum Gasteiger partial charge on any atom is -0.394 e. The van der Waals surface area contributed by atoms with Gasteiger partial charge in [-0.1, -0.05) is 6.07 Å². The van der Waals surface area contributed by atoms with Crippen molar-refractivity contribution in [1.82, 2.24) is 24.5 Å². The van der Waals surface area contributed by atoms with Crippen LogP contribution in [0.2, 0.25) is 0 Å². The molecule has 0 bridgehead atoms. The Morgan fingerprint density at radius 1 is 1.15 bits per heavy atom. The Bertz CT molecular complexity index is 1310. The number of pyridine rings is 1. The monoisotopic (exact) mass is 447 g/mol. The van der Waals surface area contributed by atoms with Crippen molar-refractivity contribution in [3.05, 3.63) is 42.9 Å². The molecule has 4 aromatic rings. The summed E-state index contributed by atoms with van der Waals surface area (Å²) in [6.07, 6.45) is 5.36. The molecular weight excluding hydrogens is 422 g/mol. The average Bonchev–Trinajstić information content (AvgIpc) is 3.39. The lowest BCUT2D eigenvalue weighted by Gasteiger charge is -2.27. The second-order valence-electron chi connectivity index (χ2n) is 8.64. The minimum absolute atomic E-state index is 0.239. The van der Waals surface area contributed by atoms with Crippen molar-refractivity contribution in [2.24, 2.45) is 0 Å². The van der Waals surface area contributed by atoms with Crippen molar-refractivity contribution in [2.45, 2.75) is 50.2 Å². The molecular formula is C23H25N7O3. The average molecular weight is 447 g/mol. The van der Waals surface area contributed by atoms with Gasteiger partial charge in [0.05, 0.1) is 24.6 Å². The number of aliphatic hydroxyl groups excluding tert-OH is 2. The van der Waals surface area contributed by atoms with Gasteiger partial charge in [-0.3, -0.25) is 9.55 Å². The van der Waals surface area contributed by atoms with Gasteiger partial charge in [0.25, 0.3) is 0 Å². The number of aliphatic hydroxyl groups is 2. The highest BCUT2D eigenvalue weighted by Gasteiger charge is 2.35. The maximum absolute atomic E-state index is 10.2. The Morgan fingerprint density at radius 2 is 2.06 bits per heavy atom.